The minimum atomic E-state index is -4.93. The van der Waals surface area contributed by atoms with E-state index in [1.54, 1.807) is 0 Å². The molecule has 14 heteroatoms. The van der Waals surface area contributed by atoms with Crippen molar-refractivity contribution >= 4 is 57.6 Å². The van der Waals surface area contributed by atoms with Crippen LogP contribution in [0.1, 0.15) is 16.2 Å². The fourth-order valence-electron chi connectivity index (χ4n) is 3.16. The predicted octanol–water partition coefficient (Wildman–Crippen LogP) is 2.84. The fraction of sp³-hybridized carbons (Fsp3) is 0.238. The van der Waals surface area contributed by atoms with Gasteiger partial charge in [-0.2, -0.15) is 13.2 Å². The molecule has 3 aromatic rings. The van der Waals surface area contributed by atoms with E-state index in [4.69, 9.17) is 28.3 Å². The number of hydrogen-bond acceptors (Lipinski definition) is 5. The van der Waals surface area contributed by atoms with Gasteiger partial charge in [0.25, 0.3) is 5.91 Å². The Hall–Kier alpha value is -3.35. The average Bonchev–Trinajstić information content (AvgIpc) is 3.16. The third-order valence-corrected chi connectivity index (χ3v) is 5.28. The van der Waals surface area contributed by atoms with Crippen LogP contribution in [0.5, 0.6) is 0 Å². The van der Waals surface area contributed by atoms with Crippen molar-refractivity contribution < 1.29 is 32.7 Å². The second-order valence-electron chi connectivity index (χ2n) is 7.09. The summed E-state index contributed by atoms with van der Waals surface area (Å²) in [7, 11) is 0. The van der Waals surface area contributed by atoms with E-state index in [9.17, 15) is 27.6 Å². The summed E-state index contributed by atoms with van der Waals surface area (Å²) < 4.78 is 41.8. The van der Waals surface area contributed by atoms with Gasteiger partial charge in [0.05, 0.1) is 40.0 Å². The zero-order valence-electron chi connectivity index (χ0n) is 17.7. The largest absolute Gasteiger partial charge is 0.449 e. The van der Waals surface area contributed by atoms with Crippen molar-refractivity contribution in [1.29, 1.82) is 0 Å². The van der Waals surface area contributed by atoms with Gasteiger partial charge in [-0.3, -0.25) is 14.4 Å². The minimum absolute atomic E-state index is 0.0347. The molecule has 0 aliphatic heterocycles. The highest BCUT2D eigenvalue weighted by molar-refractivity contribution is 6.40. The number of carbonyl (C=O) groups excluding carboxylic acids is 3. The maximum absolute atomic E-state index is 13.7. The summed E-state index contributed by atoms with van der Waals surface area (Å²) in [5, 5.41) is 15.7. The highest BCUT2D eigenvalue weighted by atomic mass is 35.5. The fourth-order valence-corrected chi connectivity index (χ4v) is 3.73. The van der Waals surface area contributed by atoms with Crippen LogP contribution in [-0.2, 0) is 22.3 Å². The molecule has 0 bridgehead atoms. The molecule has 3 rings (SSSR count). The topological polar surface area (TPSA) is 125 Å². The van der Waals surface area contributed by atoms with Crippen LogP contribution in [0.3, 0.4) is 0 Å². The molecule has 0 spiro atoms. The number of amides is 3. The van der Waals surface area contributed by atoms with Crippen LogP contribution < -0.4 is 16.0 Å². The predicted molar refractivity (Wildman–Crippen MR) is 122 cm³/mol. The van der Waals surface area contributed by atoms with E-state index in [1.165, 1.54) is 36.4 Å². The number of alkyl halides is 3. The molecule has 0 atom stereocenters. The molecule has 0 saturated heterocycles. The number of carbonyl (C=O) groups is 3. The van der Waals surface area contributed by atoms with E-state index < -0.39 is 42.8 Å². The molecular formula is C21H18Cl2F3N5O4. The van der Waals surface area contributed by atoms with Crippen LogP contribution in [0, 0.1) is 0 Å². The molecule has 0 saturated carbocycles. The Morgan fingerprint density at radius 3 is 2.29 bits per heavy atom. The van der Waals surface area contributed by atoms with E-state index >= 15 is 0 Å². The van der Waals surface area contributed by atoms with Gasteiger partial charge >= 0.3 is 6.18 Å². The molecule has 1 aromatic heterocycles. The number of para-hydroxylation sites is 1. The van der Waals surface area contributed by atoms with Crippen LogP contribution in [0.2, 0.25) is 10.0 Å². The van der Waals surface area contributed by atoms with Gasteiger partial charge in [-0.15, -0.1) is 0 Å². The van der Waals surface area contributed by atoms with Gasteiger partial charge < -0.3 is 25.6 Å². The quantitative estimate of drug-likeness (QED) is 0.355. The first kappa shape index (κ1) is 26.3. The van der Waals surface area contributed by atoms with Crippen molar-refractivity contribution in [1.82, 2.24) is 20.2 Å². The molecule has 186 valence electrons. The second-order valence-corrected chi connectivity index (χ2v) is 7.91. The lowest BCUT2D eigenvalue weighted by Crippen LogP contribution is -2.39. The number of anilines is 1. The molecule has 0 radical (unpaired) electrons. The Balaban J connectivity index is 1.92. The first-order valence-electron chi connectivity index (χ1n) is 9.99. The molecule has 35 heavy (non-hydrogen) atoms. The summed E-state index contributed by atoms with van der Waals surface area (Å²) in [6.07, 6.45) is -4.93. The molecule has 0 aliphatic rings. The van der Waals surface area contributed by atoms with Crippen molar-refractivity contribution in [3.05, 3.63) is 57.8 Å². The highest BCUT2D eigenvalue weighted by Crippen LogP contribution is 2.34. The number of imidazole rings is 1. The number of nitrogens with zero attached hydrogens (tertiary/aromatic N) is 2. The Labute approximate surface area is 206 Å². The van der Waals surface area contributed by atoms with Crippen LogP contribution in [-0.4, -0.2) is 52.1 Å². The summed E-state index contributed by atoms with van der Waals surface area (Å²) in [5.41, 5.74) is -0.427. The van der Waals surface area contributed by atoms with Gasteiger partial charge in [0.2, 0.25) is 17.6 Å². The van der Waals surface area contributed by atoms with E-state index in [0.717, 1.165) is 0 Å². The summed E-state index contributed by atoms with van der Waals surface area (Å²) in [6.45, 7) is -1.64. The third-order valence-electron chi connectivity index (χ3n) is 4.65. The molecule has 3 amide bonds. The van der Waals surface area contributed by atoms with Crippen LogP contribution >= 0.6 is 23.2 Å². The molecule has 0 fully saturated rings. The monoisotopic (exact) mass is 531 g/mol. The Morgan fingerprint density at radius 2 is 1.66 bits per heavy atom. The minimum Gasteiger partial charge on any atom is -0.395 e. The normalized spacial score (nSPS) is 11.4. The summed E-state index contributed by atoms with van der Waals surface area (Å²) in [5.74, 6) is -3.64. The molecule has 9 nitrogen and oxygen atoms in total. The zero-order chi connectivity index (χ0) is 25.8. The second kappa shape index (κ2) is 10.9. The molecular weight excluding hydrogens is 514 g/mol. The van der Waals surface area contributed by atoms with Gasteiger partial charge in [0.1, 0.15) is 12.1 Å². The van der Waals surface area contributed by atoms with Crippen molar-refractivity contribution in [2.24, 2.45) is 0 Å². The number of benzene rings is 2. The van der Waals surface area contributed by atoms with Gasteiger partial charge in [0.15, 0.2) is 0 Å². The number of fused-ring (bicyclic) bond motifs is 1. The van der Waals surface area contributed by atoms with Crippen molar-refractivity contribution in [3.63, 3.8) is 0 Å². The van der Waals surface area contributed by atoms with Gasteiger partial charge in [-0.25, -0.2) is 4.98 Å². The Kier molecular flexibility index (Phi) is 8.20. The lowest BCUT2D eigenvalue weighted by molar-refractivity contribution is -0.147. The van der Waals surface area contributed by atoms with E-state index in [-0.39, 0.29) is 45.5 Å². The van der Waals surface area contributed by atoms with Crippen molar-refractivity contribution in [3.8, 4) is 0 Å². The Bertz CT molecular complexity index is 1260. The molecule has 2 aromatic carbocycles. The van der Waals surface area contributed by atoms with E-state index in [1.807, 2.05) is 0 Å². The van der Waals surface area contributed by atoms with Crippen LogP contribution in [0.4, 0.5) is 18.9 Å². The standard InChI is InChI=1S/C21H18Cl2F3N5O4/c22-11-3-1-4-12(23)17(11)19(35)29-13-5-2-6-14-18(13)30-20(21(24,25)26)31(14)10-16(34)28-9-15(33)27-7-8-32/h1-6,32H,7-10H2,(H,27,33)(H,28,34)(H,29,35). The number of aromatic nitrogens is 2. The highest BCUT2D eigenvalue weighted by Gasteiger charge is 2.38. The first-order chi connectivity index (χ1) is 16.5. The molecule has 0 aliphatic carbocycles. The molecule has 0 unspecified atom stereocenters. The molecule has 4 N–H and O–H groups in total. The number of hydrogen-bond donors (Lipinski definition) is 4. The van der Waals surface area contributed by atoms with E-state index in [0.29, 0.717) is 4.57 Å². The SMILES string of the molecule is O=C(CNC(=O)Cn1c(C(F)(F)F)nc2c(NC(=O)c3c(Cl)cccc3Cl)cccc21)NCCO. The zero-order valence-corrected chi connectivity index (χ0v) is 19.3. The smallest absolute Gasteiger partial charge is 0.395 e. The first-order valence-corrected chi connectivity index (χ1v) is 10.7. The maximum atomic E-state index is 13.7. The van der Waals surface area contributed by atoms with E-state index in [2.05, 4.69) is 20.9 Å². The lowest BCUT2D eigenvalue weighted by atomic mass is 10.2. The summed E-state index contributed by atoms with van der Waals surface area (Å²) in [6, 6.07) is 8.42. The summed E-state index contributed by atoms with van der Waals surface area (Å²) >= 11 is 12.1. The van der Waals surface area contributed by atoms with Gasteiger partial charge in [-0.1, -0.05) is 35.3 Å². The van der Waals surface area contributed by atoms with Crippen LogP contribution in [0.15, 0.2) is 36.4 Å². The van der Waals surface area contributed by atoms with Crippen LogP contribution in [0.25, 0.3) is 11.0 Å². The third kappa shape index (κ3) is 6.21. The summed E-state index contributed by atoms with van der Waals surface area (Å²) in [4.78, 5) is 40.2. The maximum Gasteiger partial charge on any atom is 0.449 e. The number of halogens is 5. The number of aliphatic hydroxyl groups excluding tert-OH is 1. The van der Waals surface area contributed by atoms with Crippen molar-refractivity contribution in [2.45, 2.75) is 12.7 Å². The Morgan fingerprint density at radius 1 is 1.00 bits per heavy atom. The van der Waals surface area contributed by atoms with Crippen molar-refractivity contribution in [2.75, 3.05) is 25.0 Å². The van der Waals surface area contributed by atoms with Gasteiger partial charge in [-0.05, 0) is 24.3 Å². The lowest BCUT2D eigenvalue weighted by Gasteiger charge is -2.12. The average molecular weight is 532 g/mol. The number of aliphatic hydroxyl groups is 1. The van der Waals surface area contributed by atoms with Gasteiger partial charge in [0, 0.05) is 6.54 Å². The number of nitrogens with one attached hydrogen (secondary N) is 3. The molecule has 1 heterocycles. The number of rotatable bonds is 8.